The Morgan fingerprint density at radius 2 is 1.69 bits per heavy atom. The van der Waals surface area contributed by atoms with Crippen molar-refractivity contribution >= 4 is 0 Å². The number of nitrogens with two attached hydrogens (primary N) is 2. The maximum Gasteiger partial charge on any atom is 0.0471 e. The Hall–Kier alpha value is -0.120. The molecule has 3 heteroatoms. The zero-order valence-corrected chi connectivity index (χ0v) is 9.01. The van der Waals surface area contributed by atoms with Gasteiger partial charge >= 0.3 is 0 Å². The molecule has 0 aromatic rings. The van der Waals surface area contributed by atoms with Crippen LogP contribution in [0.2, 0.25) is 0 Å². The van der Waals surface area contributed by atoms with E-state index in [1.807, 2.05) is 13.8 Å². The van der Waals surface area contributed by atoms with E-state index >= 15 is 0 Å². The highest BCUT2D eigenvalue weighted by Crippen LogP contribution is 2.32. The highest BCUT2D eigenvalue weighted by Gasteiger charge is 2.29. The summed E-state index contributed by atoms with van der Waals surface area (Å²) in [4.78, 5) is 0. The van der Waals surface area contributed by atoms with E-state index in [4.69, 9.17) is 16.2 Å². The van der Waals surface area contributed by atoms with E-state index in [1.165, 1.54) is 0 Å². The third kappa shape index (κ3) is 4.07. The quantitative estimate of drug-likeness (QED) is 0.697. The first-order chi connectivity index (χ1) is 6.33. The van der Waals surface area contributed by atoms with Gasteiger partial charge in [-0.3, -0.25) is 0 Å². The lowest BCUT2D eigenvalue weighted by molar-refractivity contribution is 0.0159. The van der Waals surface area contributed by atoms with Crippen LogP contribution in [-0.2, 0) is 4.74 Å². The summed E-state index contributed by atoms with van der Waals surface area (Å²) in [5.74, 6) is 0. The number of rotatable bonds is 3. The van der Waals surface area contributed by atoms with Gasteiger partial charge in [-0.05, 0) is 37.8 Å². The molecule has 0 amide bonds. The van der Waals surface area contributed by atoms with Crippen LogP contribution in [0.3, 0.4) is 0 Å². The predicted octanol–water partition coefficient (Wildman–Crippen LogP) is 1.12. The molecule has 0 aromatic carbocycles. The van der Waals surface area contributed by atoms with Crippen molar-refractivity contribution in [3.63, 3.8) is 0 Å². The van der Waals surface area contributed by atoms with Gasteiger partial charge in [0.1, 0.15) is 0 Å². The van der Waals surface area contributed by atoms with Crippen molar-refractivity contribution in [3.05, 3.63) is 0 Å². The van der Waals surface area contributed by atoms with Crippen molar-refractivity contribution in [3.8, 4) is 0 Å². The standard InChI is InChI=1S/C8H18N2O.C2H6/c9-4-1-8(7-10)2-5-11-6-3-8;1-2/h1-7,9-10H2;1-2H3. The molecule has 13 heavy (non-hydrogen) atoms. The fourth-order valence-corrected chi connectivity index (χ4v) is 1.67. The van der Waals surface area contributed by atoms with E-state index in [-0.39, 0.29) is 0 Å². The fourth-order valence-electron chi connectivity index (χ4n) is 1.67. The van der Waals surface area contributed by atoms with Crippen LogP contribution < -0.4 is 11.5 Å². The smallest absolute Gasteiger partial charge is 0.0471 e. The Bertz CT molecular complexity index is 106. The van der Waals surface area contributed by atoms with Crippen molar-refractivity contribution in [2.24, 2.45) is 16.9 Å². The first-order valence-corrected chi connectivity index (χ1v) is 5.31. The summed E-state index contributed by atoms with van der Waals surface area (Å²) in [5, 5.41) is 0. The van der Waals surface area contributed by atoms with E-state index in [9.17, 15) is 0 Å². The van der Waals surface area contributed by atoms with Crippen LogP contribution in [0, 0.1) is 5.41 Å². The van der Waals surface area contributed by atoms with E-state index in [0.717, 1.165) is 45.6 Å². The molecule has 0 spiro atoms. The molecular formula is C10H24N2O. The Labute approximate surface area is 81.8 Å². The van der Waals surface area contributed by atoms with E-state index in [1.54, 1.807) is 0 Å². The lowest BCUT2D eigenvalue weighted by atomic mass is 9.77. The maximum atomic E-state index is 5.71. The summed E-state index contributed by atoms with van der Waals surface area (Å²) < 4.78 is 5.28. The van der Waals surface area contributed by atoms with Gasteiger partial charge in [-0.1, -0.05) is 13.8 Å². The Morgan fingerprint density at radius 3 is 2.08 bits per heavy atom. The van der Waals surface area contributed by atoms with Crippen LogP contribution in [0.4, 0.5) is 0 Å². The van der Waals surface area contributed by atoms with E-state index in [0.29, 0.717) is 5.41 Å². The van der Waals surface area contributed by atoms with Crippen LogP contribution in [-0.4, -0.2) is 26.3 Å². The van der Waals surface area contributed by atoms with E-state index in [2.05, 4.69) is 0 Å². The number of hydrogen-bond donors (Lipinski definition) is 2. The Balaban J connectivity index is 0.000000671. The molecule has 0 radical (unpaired) electrons. The third-order valence-corrected chi connectivity index (χ3v) is 2.66. The number of ether oxygens (including phenoxy) is 1. The average molecular weight is 188 g/mol. The minimum absolute atomic E-state index is 0.299. The van der Waals surface area contributed by atoms with Gasteiger partial charge in [0.25, 0.3) is 0 Å². The average Bonchev–Trinajstić information content (AvgIpc) is 2.23. The Morgan fingerprint density at radius 1 is 1.15 bits per heavy atom. The molecule has 1 heterocycles. The zero-order valence-electron chi connectivity index (χ0n) is 9.01. The van der Waals surface area contributed by atoms with Gasteiger partial charge in [0.2, 0.25) is 0 Å². The highest BCUT2D eigenvalue weighted by atomic mass is 16.5. The zero-order chi connectivity index (χ0) is 10.2. The summed E-state index contributed by atoms with van der Waals surface area (Å²) in [7, 11) is 0. The second kappa shape index (κ2) is 7.30. The second-order valence-electron chi connectivity index (χ2n) is 3.36. The Kier molecular flexibility index (Phi) is 7.23. The highest BCUT2D eigenvalue weighted by molar-refractivity contribution is 4.82. The van der Waals surface area contributed by atoms with Gasteiger partial charge in [0.15, 0.2) is 0 Å². The fraction of sp³-hybridized carbons (Fsp3) is 1.00. The van der Waals surface area contributed by atoms with Crippen molar-refractivity contribution in [1.82, 2.24) is 0 Å². The summed E-state index contributed by atoms with van der Waals surface area (Å²) >= 11 is 0. The van der Waals surface area contributed by atoms with Gasteiger partial charge in [0.05, 0.1) is 0 Å². The van der Waals surface area contributed by atoms with Crippen molar-refractivity contribution in [2.45, 2.75) is 33.1 Å². The van der Waals surface area contributed by atoms with Crippen molar-refractivity contribution in [2.75, 3.05) is 26.3 Å². The number of hydrogen-bond acceptors (Lipinski definition) is 3. The molecule has 0 unspecified atom stereocenters. The molecular weight excluding hydrogens is 164 g/mol. The summed E-state index contributed by atoms with van der Waals surface area (Å²) in [5.41, 5.74) is 11.5. The third-order valence-electron chi connectivity index (χ3n) is 2.66. The molecule has 0 bridgehead atoms. The molecule has 1 saturated heterocycles. The topological polar surface area (TPSA) is 61.3 Å². The summed E-state index contributed by atoms with van der Waals surface area (Å²) in [6.45, 7) is 7.22. The van der Waals surface area contributed by atoms with Crippen molar-refractivity contribution < 1.29 is 4.74 Å². The summed E-state index contributed by atoms with van der Waals surface area (Å²) in [6.07, 6.45) is 3.22. The van der Waals surface area contributed by atoms with Gasteiger partial charge < -0.3 is 16.2 Å². The first kappa shape index (κ1) is 12.9. The molecule has 1 fully saturated rings. The lowest BCUT2D eigenvalue weighted by Gasteiger charge is -2.35. The lowest BCUT2D eigenvalue weighted by Crippen LogP contribution is -2.38. The van der Waals surface area contributed by atoms with Gasteiger partial charge in [-0.25, -0.2) is 0 Å². The normalized spacial score (nSPS) is 20.3. The molecule has 0 aromatic heterocycles. The van der Waals surface area contributed by atoms with Crippen molar-refractivity contribution in [1.29, 1.82) is 0 Å². The van der Waals surface area contributed by atoms with Crippen LogP contribution in [0.15, 0.2) is 0 Å². The minimum atomic E-state index is 0.299. The second-order valence-corrected chi connectivity index (χ2v) is 3.36. The monoisotopic (exact) mass is 188 g/mol. The first-order valence-electron chi connectivity index (χ1n) is 5.31. The SMILES string of the molecule is CC.NCCC1(CN)CCOCC1. The molecule has 0 atom stereocenters. The molecule has 0 aliphatic carbocycles. The maximum absolute atomic E-state index is 5.71. The van der Waals surface area contributed by atoms with Crippen LogP contribution >= 0.6 is 0 Å². The predicted molar refractivity (Wildman–Crippen MR) is 56.6 cm³/mol. The largest absolute Gasteiger partial charge is 0.381 e. The van der Waals surface area contributed by atoms with Crippen LogP contribution in [0.25, 0.3) is 0 Å². The van der Waals surface area contributed by atoms with Gasteiger partial charge in [-0.15, -0.1) is 0 Å². The molecule has 1 rings (SSSR count). The molecule has 0 saturated carbocycles. The van der Waals surface area contributed by atoms with Crippen LogP contribution in [0.1, 0.15) is 33.1 Å². The van der Waals surface area contributed by atoms with E-state index < -0.39 is 0 Å². The molecule has 80 valence electrons. The van der Waals surface area contributed by atoms with Gasteiger partial charge in [0, 0.05) is 13.2 Å². The minimum Gasteiger partial charge on any atom is -0.381 e. The molecule has 4 N–H and O–H groups in total. The molecule has 1 aliphatic rings. The molecule has 3 nitrogen and oxygen atoms in total. The molecule has 1 aliphatic heterocycles. The summed E-state index contributed by atoms with van der Waals surface area (Å²) in [6, 6.07) is 0. The van der Waals surface area contributed by atoms with Crippen LogP contribution in [0.5, 0.6) is 0 Å². The van der Waals surface area contributed by atoms with Gasteiger partial charge in [-0.2, -0.15) is 0 Å².